The topological polar surface area (TPSA) is 25.8 Å². The minimum atomic E-state index is 0.957. The molecule has 0 fully saturated rings. The Morgan fingerprint density at radius 2 is 1.52 bits per heavy atom. The molecule has 0 radical (unpaired) electrons. The van der Waals surface area contributed by atoms with Crippen LogP contribution in [0.4, 0.5) is 0 Å². The first-order valence-electron chi connectivity index (χ1n) is 8.26. The molecule has 21 heavy (non-hydrogen) atoms. The number of unbranched alkanes of at least 4 members (excludes halogenated alkanes) is 6. The summed E-state index contributed by atoms with van der Waals surface area (Å²) in [5.74, 6) is 0. The minimum absolute atomic E-state index is 0.957. The molecule has 2 heteroatoms. The number of pyridine rings is 2. The SMILES string of the molecule is CCCCCCCCCc1ccnc(-c2ccccn2)c1. The van der Waals surface area contributed by atoms with Crippen molar-refractivity contribution < 1.29 is 0 Å². The molecular weight excluding hydrogens is 256 g/mol. The van der Waals surface area contributed by atoms with Gasteiger partial charge in [0.1, 0.15) is 0 Å². The number of hydrogen-bond acceptors (Lipinski definition) is 2. The fourth-order valence-electron chi connectivity index (χ4n) is 2.57. The molecule has 2 nitrogen and oxygen atoms in total. The Labute approximate surface area is 128 Å². The summed E-state index contributed by atoms with van der Waals surface area (Å²) in [6, 6.07) is 10.3. The first-order valence-corrected chi connectivity index (χ1v) is 8.26. The molecule has 112 valence electrons. The summed E-state index contributed by atoms with van der Waals surface area (Å²) in [4.78, 5) is 8.79. The van der Waals surface area contributed by atoms with Gasteiger partial charge in [0, 0.05) is 12.4 Å². The molecule has 0 bridgehead atoms. The quantitative estimate of drug-likeness (QED) is 0.572. The standard InChI is InChI=1S/C19H26N2/c1-2-3-4-5-6-7-8-11-17-13-15-21-19(16-17)18-12-9-10-14-20-18/h9-10,12-16H,2-8,11H2,1H3. The molecule has 2 heterocycles. The van der Waals surface area contributed by atoms with Crippen LogP contribution in [0.1, 0.15) is 57.4 Å². The molecule has 2 aromatic rings. The van der Waals surface area contributed by atoms with Gasteiger partial charge < -0.3 is 0 Å². The molecule has 0 aliphatic carbocycles. The average Bonchev–Trinajstić information content (AvgIpc) is 2.55. The molecular formula is C19H26N2. The van der Waals surface area contributed by atoms with Gasteiger partial charge in [0.2, 0.25) is 0 Å². The number of rotatable bonds is 9. The molecule has 0 N–H and O–H groups in total. The van der Waals surface area contributed by atoms with Crippen LogP contribution in [0.25, 0.3) is 11.4 Å². The molecule has 2 rings (SSSR count). The van der Waals surface area contributed by atoms with Crippen LogP contribution in [-0.4, -0.2) is 9.97 Å². The maximum Gasteiger partial charge on any atom is 0.0888 e. The van der Waals surface area contributed by atoms with E-state index in [1.54, 1.807) is 0 Å². The van der Waals surface area contributed by atoms with Crippen molar-refractivity contribution in [2.75, 3.05) is 0 Å². The van der Waals surface area contributed by atoms with E-state index < -0.39 is 0 Å². The Hall–Kier alpha value is -1.70. The largest absolute Gasteiger partial charge is 0.255 e. The normalized spacial score (nSPS) is 10.7. The Bertz CT molecular complexity index is 508. The molecule has 0 saturated heterocycles. The van der Waals surface area contributed by atoms with Crippen molar-refractivity contribution in [1.29, 1.82) is 0 Å². The van der Waals surface area contributed by atoms with Gasteiger partial charge in [-0.25, -0.2) is 0 Å². The molecule has 0 atom stereocenters. The van der Waals surface area contributed by atoms with Crippen molar-refractivity contribution in [3.05, 3.63) is 48.3 Å². The second-order valence-corrected chi connectivity index (χ2v) is 5.64. The van der Waals surface area contributed by atoms with Gasteiger partial charge in [0.15, 0.2) is 0 Å². The zero-order chi connectivity index (χ0) is 14.8. The second-order valence-electron chi connectivity index (χ2n) is 5.64. The van der Waals surface area contributed by atoms with Crippen molar-refractivity contribution in [2.45, 2.75) is 58.3 Å². The first kappa shape index (κ1) is 15.7. The summed E-state index contributed by atoms with van der Waals surface area (Å²) < 4.78 is 0. The van der Waals surface area contributed by atoms with Gasteiger partial charge in [-0.15, -0.1) is 0 Å². The highest BCUT2D eigenvalue weighted by molar-refractivity contribution is 5.54. The molecule has 0 unspecified atom stereocenters. The smallest absolute Gasteiger partial charge is 0.0888 e. The maximum atomic E-state index is 4.43. The highest BCUT2D eigenvalue weighted by Gasteiger charge is 2.01. The van der Waals surface area contributed by atoms with Gasteiger partial charge in [-0.2, -0.15) is 0 Å². The van der Waals surface area contributed by atoms with Gasteiger partial charge in [0.05, 0.1) is 11.4 Å². The lowest BCUT2D eigenvalue weighted by atomic mass is 10.0. The fraction of sp³-hybridized carbons (Fsp3) is 0.474. The summed E-state index contributed by atoms with van der Waals surface area (Å²) in [6.07, 6.45) is 14.4. The summed E-state index contributed by atoms with van der Waals surface area (Å²) in [5, 5.41) is 0. The fourth-order valence-corrected chi connectivity index (χ4v) is 2.57. The lowest BCUT2D eigenvalue weighted by Crippen LogP contribution is -1.91. The minimum Gasteiger partial charge on any atom is -0.255 e. The van der Waals surface area contributed by atoms with Crippen LogP contribution in [0.2, 0.25) is 0 Å². The lowest BCUT2D eigenvalue weighted by molar-refractivity contribution is 0.589. The molecule has 0 aliphatic heterocycles. The van der Waals surface area contributed by atoms with Gasteiger partial charge in [-0.05, 0) is 42.7 Å². The molecule has 0 amide bonds. The van der Waals surface area contributed by atoms with E-state index in [9.17, 15) is 0 Å². The average molecular weight is 282 g/mol. The van der Waals surface area contributed by atoms with Gasteiger partial charge in [-0.3, -0.25) is 9.97 Å². The molecule has 2 aromatic heterocycles. The van der Waals surface area contributed by atoms with E-state index in [0.29, 0.717) is 0 Å². The van der Waals surface area contributed by atoms with Crippen LogP contribution in [-0.2, 0) is 6.42 Å². The van der Waals surface area contributed by atoms with Crippen molar-refractivity contribution in [3.63, 3.8) is 0 Å². The zero-order valence-electron chi connectivity index (χ0n) is 13.1. The van der Waals surface area contributed by atoms with Crippen molar-refractivity contribution in [3.8, 4) is 11.4 Å². The van der Waals surface area contributed by atoms with Crippen molar-refractivity contribution >= 4 is 0 Å². The highest BCUT2D eigenvalue weighted by Crippen LogP contribution is 2.16. The number of hydrogen-bond donors (Lipinski definition) is 0. The molecule has 0 aliphatic rings. The van der Waals surface area contributed by atoms with Crippen LogP contribution >= 0.6 is 0 Å². The van der Waals surface area contributed by atoms with Crippen LogP contribution in [0.5, 0.6) is 0 Å². The predicted octanol–water partition coefficient (Wildman–Crippen LogP) is 5.44. The summed E-state index contributed by atoms with van der Waals surface area (Å²) >= 11 is 0. The Kier molecular flexibility index (Phi) is 6.93. The third kappa shape index (κ3) is 5.66. The Morgan fingerprint density at radius 3 is 2.29 bits per heavy atom. The molecule has 0 aromatic carbocycles. The first-order chi connectivity index (χ1) is 10.4. The van der Waals surface area contributed by atoms with E-state index in [4.69, 9.17) is 0 Å². The third-order valence-corrected chi connectivity index (χ3v) is 3.82. The predicted molar refractivity (Wildman–Crippen MR) is 89.2 cm³/mol. The van der Waals surface area contributed by atoms with Crippen LogP contribution in [0, 0.1) is 0 Å². The Balaban J connectivity index is 1.77. The number of nitrogens with zero attached hydrogens (tertiary/aromatic N) is 2. The summed E-state index contributed by atoms with van der Waals surface area (Å²) in [7, 11) is 0. The van der Waals surface area contributed by atoms with E-state index in [-0.39, 0.29) is 0 Å². The monoisotopic (exact) mass is 282 g/mol. The van der Waals surface area contributed by atoms with E-state index in [1.165, 1.54) is 50.5 Å². The number of aryl methyl sites for hydroxylation is 1. The van der Waals surface area contributed by atoms with E-state index in [1.807, 2.05) is 30.6 Å². The van der Waals surface area contributed by atoms with E-state index in [2.05, 4.69) is 29.0 Å². The van der Waals surface area contributed by atoms with Gasteiger partial charge >= 0.3 is 0 Å². The van der Waals surface area contributed by atoms with Gasteiger partial charge in [-0.1, -0.05) is 51.5 Å². The zero-order valence-corrected chi connectivity index (χ0v) is 13.1. The Morgan fingerprint density at radius 1 is 0.762 bits per heavy atom. The van der Waals surface area contributed by atoms with Crippen LogP contribution < -0.4 is 0 Å². The van der Waals surface area contributed by atoms with Crippen LogP contribution in [0.3, 0.4) is 0 Å². The van der Waals surface area contributed by atoms with Gasteiger partial charge in [0.25, 0.3) is 0 Å². The van der Waals surface area contributed by atoms with E-state index in [0.717, 1.165) is 17.8 Å². The van der Waals surface area contributed by atoms with Crippen LogP contribution in [0.15, 0.2) is 42.7 Å². The number of aromatic nitrogens is 2. The maximum absolute atomic E-state index is 4.43. The highest BCUT2D eigenvalue weighted by atomic mass is 14.8. The molecule has 0 spiro atoms. The van der Waals surface area contributed by atoms with Crippen molar-refractivity contribution in [1.82, 2.24) is 9.97 Å². The second kappa shape index (κ2) is 9.28. The third-order valence-electron chi connectivity index (χ3n) is 3.82. The lowest BCUT2D eigenvalue weighted by Gasteiger charge is -2.05. The molecule has 0 saturated carbocycles. The van der Waals surface area contributed by atoms with Crippen molar-refractivity contribution in [2.24, 2.45) is 0 Å². The summed E-state index contributed by atoms with van der Waals surface area (Å²) in [6.45, 7) is 2.27. The van der Waals surface area contributed by atoms with E-state index >= 15 is 0 Å². The summed E-state index contributed by atoms with van der Waals surface area (Å²) in [5.41, 5.74) is 3.31.